The van der Waals surface area contributed by atoms with Crippen LogP contribution >= 0.6 is 0 Å². The van der Waals surface area contributed by atoms with Crippen LogP contribution in [0.4, 0.5) is 23.3 Å². The second kappa shape index (κ2) is 9.11. The molecule has 0 spiro atoms. The molecule has 150 valence electrons. The van der Waals surface area contributed by atoms with Crippen molar-refractivity contribution in [1.82, 2.24) is 19.9 Å². The Bertz CT molecular complexity index is 992. The maximum atomic E-state index is 12.4. The summed E-state index contributed by atoms with van der Waals surface area (Å²) < 4.78 is 0. The lowest BCUT2D eigenvalue weighted by Crippen LogP contribution is -2.30. The van der Waals surface area contributed by atoms with Crippen LogP contribution in [0.25, 0.3) is 0 Å². The third kappa shape index (κ3) is 5.98. The van der Waals surface area contributed by atoms with Crippen LogP contribution in [0.5, 0.6) is 0 Å². The van der Waals surface area contributed by atoms with Gasteiger partial charge < -0.3 is 16.4 Å². The molecule has 3 rings (SSSR count). The lowest BCUT2D eigenvalue weighted by atomic mass is 10.1. The van der Waals surface area contributed by atoms with Crippen LogP contribution in [0.3, 0.4) is 0 Å². The molecule has 8 nitrogen and oxygen atoms in total. The van der Waals surface area contributed by atoms with Crippen molar-refractivity contribution in [3.8, 4) is 0 Å². The number of hydrogen-bond acceptors (Lipinski definition) is 7. The Balaban J connectivity index is 1.61. The summed E-state index contributed by atoms with van der Waals surface area (Å²) in [6.45, 7) is 4.51. The zero-order valence-electron chi connectivity index (χ0n) is 16.8. The Labute approximate surface area is 170 Å². The molecule has 2 aromatic carbocycles. The number of aromatic nitrogens is 3. The van der Waals surface area contributed by atoms with E-state index in [1.165, 1.54) is 0 Å². The van der Waals surface area contributed by atoms with Crippen LogP contribution < -0.4 is 16.4 Å². The average molecular weight is 391 g/mol. The van der Waals surface area contributed by atoms with Gasteiger partial charge in [0.15, 0.2) is 0 Å². The fraction of sp³-hybridized carbons (Fsp3) is 0.238. The summed E-state index contributed by atoms with van der Waals surface area (Å²) >= 11 is 0. The number of nitrogen functional groups attached to an aromatic ring is 1. The summed E-state index contributed by atoms with van der Waals surface area (Å²) in [5, 5.41) is 6.06. The third-order valence-corrected chi connectivity index (χ3v) is 4.22. The van der Waals surface area contributed by atoms with E-state index >= 15 is 0 Å². The minimum absolute atomic E-state index is 0.106. The van der Waals surface area contributed by atoms with E-state index in [-0.39, 0.29) is 18.4 Å². The van der Waals surface area contributed by atoms with Crippen LogP contribution in [0.2, 0.25) is 0 Å². The zero-order valence-corrected chi connectivity index (χ0v) is 16.8. The normalized spacial score (nSPS) is 10.8. The van der Waals surface area contributed by atoms with Gasteiger partial charge in [-0.2, -0.15) is 15.0 Å². The molecule has 0 aliphatic rings. The minimum atomic E-state index is -0.106. The van der Waals surface area contributed by atoms with E-state index in [1.807, 2.05) is 74.3 Å². The fourth-order valence-electron chi connectivity index (χ4n) is 2.82. The third-order valence-electron chi connectivity index (χ3n) is 4.22. The van der Waals surface area contributed by atoms with Crippen molar-refractivity contribution in [2.75, 3.05) is 30.0 Å². The van der Waals surface area contributed by atoms with Gasteiger partial charge >= 0.3 is 0 Å². The van der Waals surface area contributed by atoms with Gasteiger partial charge in [0.2, 0.25) is 17.8 Å². The van der Waals surface area contributed by atoms with Gasteiger partial charge in [-0.1, -0.05) is 30.3 Å². The van der Waals surface area contributed by atoms with Gasteiger partial charge in [-0.3, -0.25) is 9.69 Å². The summed E-state index contributed by atoms with van der Waals surface area (Å²) in [4.78, 5) is 26.9. The number of rotatable bonds is 7. The second-order valence-electron chi connectivity index (χ2n) is 6.96. The Hall–Kier alpha value is -3.52. The Kier molecular flexibility index (Phi) is 6.36. The number of hydrogen-bond donors (Lipinski definition) is 3. The Morgan fingerprint density at radius 3 is 2.59 bits per heavy atom. The SMILES string of the molecule is Cc1ccc(C)c(NC(=O)CN(C)Cc2nc(N)nc(Nc3ccccc3)n2)c1. The number of carbonyl (C=O) groups is 1. The molecule has 1 amide bonds. The van der Waals surface area contributed by atoms with Crippen molar-refractivity contribution >= 4 is 29.2 Å². The molecule has 0 unspecified atom stereocenters. The molecule has 0 saturated heterocycles. The standard InChI is InChI=1S/C21H25N7O/c1-14-9-10-15(2)17(11-14)24-19(29)13-28(3)12-18-25-20(22)27-21(26-18)23-16-7-5-4-6-8-16/h4-11H,12-13H2,1-3H3,(H,24,29)(H3,22,23,25,26,27). The highest BCUT2D eigenvalue weighted by Crippen LogP contribution is 2.16. The van der Waals surface area contributed by atoms with E-state index in [1.54, 1.807) is 0 Å². The molecule has 3 aromatic rings. The van der Waals surface area contributed by atoms with E-state index in [4.69, 9.17) is 5.73 Å². The van der Waals surface area contributed by atoms with Crippen LogP contribution in [-0.4, -0.2) is 39.4 Å². The quantitative estimate of drug-likeness (QED) is 0.568. The summed E-state index contributed by atoms with van der Waals surface area (Å²) in [6, 6.07) is 15.5. The van der Waals surface area contributed by atoms with Crippen LogP contribution in [0, 0.1) is 13.8 Å². The highest BCUT2D eigenvalue weighted by Gasteiger charge is 2.12. The highest BCUT2D eigenvalue weighted by atomic mass is 16.2. The molecule has 0 saturated carbocycles. The van der Waals surface area contributed by atoms with Crippen molar-refractivity contribution in [2.45, 2.75) is 20.4 Å². The summed E-state index contributed by atoms with van der Waals surface area (Å²) in [5.41, 5.74) is 9.61. The van der Waals surface area contributed by atoms with Crippen LogP contribution in [-0.2, 0) is 11.3 Å². The number of anilines is 4. The maximum absolute atomic E-state index is 12.4. The number of nitrogens with zero attached hydrogens (tertiary/aromatic N) is 4. The first-order valence-corrected chi connectivity index (χ1v) is 9.27. The molecule has 0 fully saturated rings. The van der Waals surface area contributed by atoms with Gasteiger partial charge in [-0.15, -0.1) is 0 Å². The molecule has 1 heterocycles. The van der Waals surface area contributed by atoms with Crippen molar-refractivity contribution in [1.29, 1.82) is 0 Å². The summed E-state index contributed by atoms with van der Waals surface area (Å²) in [6.07, 6.45) is 0. The van der Waals surface area contributed by atoms with E-state index in [2.05, 4.69) is 25.6 Å². The molecule has 0 aliphatic heterocycles. The fourth-order valence-corrected chi connectivity index (χ4v) is 2.82. The number of nitrogens with two attached hydrogens (primary N) is 1. The number of benzene rings is 2. The second-order valence-corrected chi connectivity index (χ2v) is 6.96. The topological polar surface area (TPSA) is 109 Å². The molecule has 1 aromatic heterocycles. The predicted octanol–water partition coefficient (Wildman–Crippen LogP) is 2.88. The van der Waals surface area contributed by atoms with E-state index in [0.717, 1.165) is 22.5 Å². The summed E-state index contributed by atoms with van der Waals surface area (Å²) in [5.74, 6) is 0.873. The maximum Gasteiger partial charge on any atom is 0.238 e. The Morgan fingerprint density at radius 2 is 1.83 bits per heavy atom. The van der Waals surface area contributed by atoms with Gasteiger partial charge in [0.1, 0.15) is 5.82 Å². The Morgan fingerprint density at radius 1 is 1.07 bits per heavy atom. The van der Waals surface area contributed by atoms with Gasteiger partial charge in [-0.05, 0) is 50.2 Å². The van der Waals surface area contributed by atoms with E-state index in [9.17, 15) is 4.79 Å². The number of aryl methyl sites for hydroxylation is 2. The van der Waals surface area contributed by atoms with Gasteiger partial charge in [0.05, 0.1) is 13.1 Å². The molecule has 0 aliphatic carbocycles. The molecule has 8 heteroatoms. The number of nitrogens with one attached hydrogen (secondary N) is 2. The lowest BCUT2D eigenvalue weighted by Gasteiger charge is -2.17. The van der Waals surface area contributed by atoms with Gasteiger partial charge in [0, 0.05) is 11.4 Å². The number of para-hydroxylation sites is 1. The van der Waals surface area contributed by atoms with Crippen molar-refractivity contribution in [2.24, 2.45) is 0 Å². The molecule has 29 heavy (non-hydrogen) atoms. The first-order valence-electron chi connectivity index (χ1n) is 9.27. The van der Waals surface area contributed by atoms with E-state index in [0.29, 0.717) is 18.3 Å². The minimum Gasteiger partial charge on any atom is -0.368 e. The average Bonchev–Trinajstić information content (AvgIpc) is 2.65. The first kappa shape index (κ1) is 20.2. The first-order chi connectivity index (χ1) is 13.9. The van der Waals surface area contributed by atoms with Crippen LogP contribution in [0.1, 0.15) is 17.0 Å². The zero-order chi connectivity index (χ0) is 20.8. The molecular weight excluding hydrogens is 366 g/mol. The monoisotopic (exact) mass is 391 g/mol. The van der Waals surface area contributed by atoms with E-state index < -0.39 is 0 Å². The predicted molar refractivity (Wildman–Crippen MR) is 115 cm³/mol. The highest BCUT2D eigenvalue weighted by molar-refractivity contribution is 5.93. The number of amides is 1. The molecule has 4 N–H and O–H groups in total. The molecular formula is C21H25N7O. The smallest absolute Gasteiger partial charge is 0.238 e. The van der Waals surface area contributed by atoms with Gasteiger partial charge in [0.25, 0.3) is 0 Å². The molecule has 0 bridgehead atoms. The van der Waals surface area contributed by atoms with Crippen molar-refractivity contribution in [3.63, 3.8) is 0 Å². The van der Waals surface area contributed by atoms with Crippen molar-refractivity contribution < 1.29 is 4.79 Å². The molecule has 0 atom stereocenters. The summed E-state index contributed by atoms with van der Waals surface area (Å²) in [7, 11) is 1.83. The largest absolute Gasteiger partial charge is 0.368 e. The lowest BCUT2D eigenvalue weighted by molar-refractivity contribution is -0.117. The van der Waals surface area contributed by atoms with Crippen LogP contribution in [0.15, 0.2) is 48.5 Å². The number of carbonyl (C=O) groups excluding carboxylic acids is 1. The number of likely N-dealkylation sites (N-methyl/N-ethyl adjacent to an activating group) is 1. The van der Waals surface area contributed by atoms with Gasteiger partial charge in [-0.25, -0.2) is 0 Å². The van der Waals surface area contributed by atoms with Crippen molar-refractivity contribution in [3.05, 3.63) is 65.5 Å². The molecule has 0 radical (unpaired) electrons.